The van der Waals surface area contributed by atoms with Crippen LogP contribution < -0.4 is 0 Å². The number of halogens is 3. The van der Waals surface area contributed by atoms with E-state index in [0.717, 1.165) is 17.8 Å². The molecule has 0 radical (unpaired) electrons. The van der Waals surface area contributed by atoms with Gasteiger partial charge in [-0.2, -0.15) is 18.4 Å². The van der Waals surface area contributed by atoms with E-state index in [0.29, 0.717) is 6.04 Å². The zero-order valence-electron chi connectivity index (χ0n) is 18.2. The van der Waals surface area contributed by atoms with Crippen LogP contribution in [0.4, 0.5) is 13.2 Å². The van der Waals surface area contributed by atoms with Crippen LogP contribution >= 0.6 is 0 Å². The van der Waals surface area contributed by atoms with Gasteiger partial charge in [0.2, 0.25) is 0 Å². The molecule has 1 fully saturated rings. The molecule has 2 rings (SSSR count). The number of alkyl halides is 3. The molecular formula is C24H27F3N2O4. The van der Waals surface area contributed by atoms with Crippen LogP contribution in [-0.2, 0) is 4.79 Å². The number of aliphatic hydroxyl groups is 3. The van der Waals surface area contributed by atoms with Crippen molar-refractivity contribution < 1.29 is 33.3 Å². The Hall–Kier alpha value is -2.93. The summed E-state index contributed by atoms with van der Waals surface area (Å²) >= 11 is 0. The van der Waals surface area contributed by atoms with Gasteiger partial charge in [-0.1, -0.05) is 30.9 Å². The monoisotopic (exact) mass is 464 g/mol. The summed E-state index contributed by atoms with van der Waals surface area (Å²) in [6, 6.07) is 1.74. The second kappa shape index (κ2) is 11.3. The van der Waals surface area contributed by atoms with Gasteiger partial charge in [0.15, 0.2) is 5.78 Å². The second-order valence-electron chi connectivity index (χ2n) is 7.88. The van der Waals surface area contributed by atoms with Gasteiger partial charge in [-0.3, -0.25) is 4.79 Å². The predicted molar refractivity (Wildman–Crippen MR) is 116 cm³/mol. The largest absolute Gasteiger partial charge is 0.418 e. The summed E-state index contributed by atoms with van der Waals surface area (Å²) in [7, 11) is 0. The number of aliphatic hydroxyl groups excluding tert-OH is 3. The van der Waals surface area contributed by atoms with E-state index in [1.165, 1.54) is 24.3 Å². The Bertz CT molecular complexity index is 967. The Kier molecular flexibility index (Phi) is 8.99. The molecule has 0 saturated carbocycles. The van der Waals surface area contributed by atoms with Crippen LogP contribution in [0.25, 0.3) is 0 Å². The summed E-state index contributed by atoms with van der Waals surface area (Å²) in [6.45, 7) is 5.84. The quantitative estimate of drug-likeness (QED) is 0.199. The van der Waals surface area contributed by atoms with Gasteiger partial charge in [0.1, 0.15) is 17.7 Å². The van der Waals surface area contributed by atoms with Crippen molar-refractivity contribution in [2.24, 2.45) is 0 Å². The highest BCUT2D eigenvalue weighted by molar-refractivity contribution is 6.01. The average Bonchev–Trinajstić information content (AvgIpc) is 3.50. The number of carbonyl (C=O) groups is 1. The van der Waals surface area contributed by atoms with Gasteiger partial charge >= 0.3 is 6.18 Å². The van der Waals surface area contributed by atoms with Crippen molar-refractivity contribution in [1.29, 1.82) is 5.26 Å². The maximum absolute atomic E-state index is 13.8. The number of carbonyl (C=O) groups excluding carboxylic acids is 1. The van der Waals surface area contributed by atoms with E-state index < -0.39 is 54.8 Å². The van der Waals surface area contributed by atoms with Crippen molar-refractivity contribution in [1.82, 2.24) is 4.90 Å². The number of hydrogen-bond donors (Lipinski definition) is 3. The molecule has 0 aromatic rings. The Morgan fingerprint density at radius 1 is 1.36 bits per heavy atom. The van der Waals surface area contributed by atoms with E-state index >= 15 is 0 Å². The molecule has 178 valence electrons. The number of rotatable bonds is 10. The van der Waals surface area contributed by atoms with Gasteiger partial charge in [-0.05, 0) is 43.1 Å². The maximum Gasteiger partial charge on any atom is 0.418 e. The first-order valence-corrected chi connectivity index (χ1v) is 10.4. The number of allylic oxidation sites excluding steroid dienone is 10. The first kappa shape index (κ1) is 26.3. The molecule has 0 spiro atoms. The van der Waals surface area contributed by atoms with E-state index in [2.05, 4.69) is 18.4 Å². The lowest BCUT2D eigenvalue weighted by atomic mass is 9.90. The lowest BCUT2D eigenvalue weighted by molar-refractivity contribution is -0.117. The van der Waals surface area contributed by atoms with E-state index in [4.69, 9.17) is 5.11 Å². The summed E-state index contributed by atoms with van der Waals surface area (Å²) in [5.74, 6) is -1.10. The third kappa shape index (κ3) is 7.02. The molecule has 0 aromatic carbocycles. The summed E-state index contributed by atoms with van der Waals surface area (Å²) in [5, 5.41) is 37.1. The smallest absolute Gasteiger partial charge is 0.394 e. The number of ketones is 1. The van der Waals surface area contributed by atoms with Gasteiger partial charge in [0, 0.05) is 24.7 Å². The van der Waals surface area contributed by atoms with Crippen LogP contribution in [0.1, 0.15) is 26.2 Å². The van der Waals surface area contributed by atoms with E-state index in [1.807, 2.05) is 12.2 Å². The standard InChI is InChI=1S/C24H27F3N2O4/c1-3-4-18(29-13-15(29)2)11-16-5-7-17(8-6-16)23(24(25,26)27)19(12-28)20(31)9-10-21(32)22(33)14-30/h3-5,7-8,11,15,21-22,30,32-33H,1,6,9-10,13-14H2,2H3/b16-11-,18-4+,23-19-. The number of nitriles is 1. The molecule has 33 heavy (non-hydrogen) atoms. The summed E-state index contributed by atoms with van der Waals surface area (Å²) in [4.78, 5) is 14.5. The van der Waals surface area contributed by atoms with Crippen molar-refractivity contribution in [2.75, 3.05) is 13.2 Å². The summed E-state index contributed by atoms with van der Waals surface area (Å²) < 4.78 is 41.5. The van der Waals surface area contributed by atoms with Crippen molar-refractivity contribution in [3.63, 3.8) is 0 Å². The lowest BCUT2D eigenvalue weighted by Crippen LogP contribution is -2.30. The molecule has 3 atom stereocenters. The fraction of sp³-hybridized carbons (Fsp3) is 0.417. The minimum absolute atomic E-state index is 0.177. The minimum Gasteiger partial charge on any atom is -0.394 e. The molecular weight excluding hydrogens is 437 g/mol. The van der Waals surface area contributed by atoms with Crippen LogP contribution in [0.15, 0.2) is 71.0 Å². The van der Waals surface area contributed by atoms with Crippen LogP contribution in [0.2, 0.25) is 0 Å². The second-order valence-corrected chi connectivity index (χ2v) is 7.88. The molecule has 0 amide bonds. The molecule has 9 heteroatoms. The SMILES string of the molecule is C=C/C=C(\C=C1\C=CC(/C(=C(\C#N)C(=O)CCC(O)C(O)CO)C(F)(F)F)=CC1)N1CC1C. The molecule has 1 heterocycles. The minimum atomic E-state index is -4.95. The van der Waals surface area contributed by atoms with Crippen LogP contribution in [-0.4, -0.2) is 63.6 Å². The Balaban J connectivity index is 2.28. The molecule has 6 nitrogen and oxygen atoms in total. The average molecular weight is 464 g/mol. The van der Waals surface area contributed by atoms with Crippen molar-refractivity contribution in [2.45, 2.75) is 50.6 Å². The molecule has 1 aliphatic heterocycles. The molecule has 1 saturated heterocycles. The van der Waals surface area contributed by atoms with E-state index in [9.17, 15) is 33.4 Å². The number of nitrogens with zero attached hydrogens (tertiary/aromatic N) is 2. The predicted octanol–water partition coefficient (Wildman–Crippen LogP) is 3.02. The zero-order valence-corrected chi connectivity index (χ0v) is 18.2. The lowest BCUT2D eigenvalue weighted by Gasteiger charge is -2.19. The highest BCUT2D eigenvalue weighted by Gasteiger charge is 2.40. The first-order valence-electron chi connectivity index (χ1n) is 10.4. The van der Waals surface area contributed by atoms with E-state index in [-0.39, 0.29) is 12.0 Å². The summed E-state index contributed by atoms with van der Waals surface area (Å²) in [6.07, 6.45) is 0.584. The van der Waals surface area contributed by atoms with Crippen LogP contribution in [0.3, 0.4) is 0 Å². The summed E-state index contributed by atoms with van der Waals surface area (Å²) in [5.41, 5.74) is -1.00. The molecule has 0 aromatic heterocycles. The normalized spacial score (nSPS) is 22.3. The van der Waals surface area contributed by atoms with Crippen molar-refractivity contribution in [3.8, 4) is 6.07 Å². The van der Waals surface area contributed by atoms with Crippen molar-refractivity contribution in [3.05, 3.63) is 71.0 Å². The van der Waals surface area contributed by atoms with Gasteiger partial charge in [0.05, 0.1) is 18.3 Å². The highest BCUT2D eigenvalue weighted by Crippen LogP contribution is 2.37. The number of hydrogen-bond acceptors (Lipinski definition) is 6. The fourth-order valence-electron chi connectivity index (χ4n) is 3.41. The fourth-order valence-corrected chi connectivity index (χ4v) is 3.41. The van der Waals surface area contributed by atoms with Crippen LogP contribution in [0.5, 0.6) is 0 Å². The van der Waals surface area contributed by atoms with Gasteiger partial charge in [-0.25, -0.2) is 0 Å². The topological polar surface area (TPSA) is 105 Å². The highest BCUT2D eigenvalue weighted by atomic mass is 19.4. The molecule has 3 unspecified atom stereocenters. The molecule has 0 bridgehead atoms. The maximum atomic E-state index is 13.8. The molecule has 2 aliphatic rings. The van der Waals surface area contributed by atoms with Gasteiger partial charge in [-0.15, -0.1) is 0 Å². The zero-order chi connectivity index (χ0) is 24.8. The van der Waals surface area contributed by atoms with Gasteiger partial charge < -0.3 is 20.2 Å². The van der Waals surface area contributed by atoms with Crippen molar-refractivity contribution >= 4 is 5.78 Å². The number of Topliss-reactive ketones (excluding diaryl/α,β-unsaturated/α-hetero) is 1. The Morgan fingerprint density at radius 3 is 2.48 bits per heavy atom. The van der Waals surface area contributed by atoms with Crippen LogP contribution in [0, 0.1) is 11.3 Å². The molecule has 1 aliphatic carbocycles. The third-order valence-electron chi connectivity index (χ3n) is 5.36. The Morgan fingerprint density at radius 2 is 2.03 bits per heavy atom. The molecule has 3 N–H and O–H groups in total. The van der Waals surface area contributed by atoms with Gasteiger partial charge in [0.25, 0.3) is 0 Å². The first-order chi connectivity index (χ1) is 15.5. The Labute approximate surface area is 190 Å². The third-order valence-corrected chi connectivity index (χ3v) is 5.36. The van der Waals surface area contributed by atoms with E-state index in [1.54, 1.807) is 6.08 Å².